The Labute approximate surface area is 100 Å². The molecule has 0 spiro atoms. The summed E-state index contributed by atoms with van der Waals surface area (Å²) < 4.78 is 0. The van der Waals surface area contributed by atoms with Crippen molar-refractivity contribution in [3.63, 3.8) is 0 Å². The van der Waals surface area contributed by atoms with Crippen LogP contribution < -0.4 is 0 Å². The molecule has 0 bridgehead atoms. The summed E-state index contributed by atoms with van der Waals surface area (Å²) in [5, 5.41) is 18.4. The monoisotopic (exact) mass is 241 g/mol. The maximum Gasteiger partial charge on any atom is 0.306 e. The Kier molecular flexibility index (Phi) is 3.66. The highest BCUT2D eigenvalue weighted by molar-refractivity contribution is 5.81. The van der Waals surface area contributed by atoms with E-state index in [0.29, 0.717) is 32.4 Å². The summed E-state index contributed by atoms with van der Waals surface area (Å²) in [6.07, 6.45) is 2.91. The van der Waals surface area contributed by atoms with Crippen LogP contribution in [0.5, 0.6) is 0 Å². The van der Waals surface area contributed by atoms with Gasteiger partial charge in [0.05, 0.1) is 12.0 Å². The fourth-order valence-corrected chi connectivity index (χ4v) is 2.84. The highest BCUT2D eigenvalue weighted by atomic mass is 16.4. The molecule has 5 heteroatoms. The Hall–Kier alpha value is -1.10. The van der Waals surface area contributed by atoms with Crippen molar-refractivity contribution in [1.82, 2.24) is 4.90 Å². The number of carbonyl (C=O) groups excluding carboxylic acids is 1. The summed E-state index contributed by atoms with van der Waals surface area (Å²) in [5.74, 6) is -1.27. The zero-order valence-electron chi connectivity index (χ0n) is 9.84. The molecule has 0 aromatic carbocycles. The van der Waals surface area contributed by atoms with E-state index < -0.39 is 12.1 Å². The number of aliphatic hydroxyl groups excluding tert-OH is 1. The number of aliphatic hydroxyl groups is 1. The van der Waals surface area contributed by atoms with Crippen molar-refractivity contribution >= 4 is 11.9 Å². The summed E-state index contributed by atoms with van der Waals surface area (Å²) in [4.78, 5) is 24.7. The highest BCUT2D eigenvalue weighted by Crippen LogP contribution is 2.32. The maximum absolute atomic E-state index is 12.1. The fraction of sp³-hybridized carbons (Fsp3) is 0.833. The second kappa shape index (κ2) is 5.04. The molecule has 0 aromatic heterocycles. The van der Waals surface area contributed by atoms with Gasteiger partial charge in [-0.3, -0.25) is 9.59 Å². The molecule has 3 atom stereocenters. The van der Waals surface area contributed by atoms with Gasteiger partial charge in [0.2, 0.25) is 5.91 Å². The Balaban J connectivity index is 1.90. The van der Waals surface area contributed by atoms with Crippen LogP contribution in [0.25, 0.3) is 0 Å². The molecule has 17 heavy (non-hydrogen) atoms. The van der Waals surface area contributed by atoms with Gasteiger partial charge in [0.1, 0.15) is 0 Å². The molecule has 1 amide bonds. The maximum atomic E-state index is 12.1. The van der Waals surface area contributed by atoms with Crippen molar-refractivity contribution in [2.45, 2.75) is 38.2 Å². The van der Waals surface area contributed by atoms with Gasteiger partial charge in [-0.1, -0.05) is 0 Å². The lowest BCUT2D eigenvalue weighted by molar-refractivity contribution is -0.142. The second-order valence-corrected chi connectivity index (χ2v) is 5.13. The third-order valence-electron chi connectivity index (χ3n) is 3.84. The number of amides is 1. The van der Waals surface area contributed by atoms with Crippen molar-refractivity contribution in [1.29, 1.82) is 0 Å². The predicted molar refractivity (Wildman–Crippen MR) is 60.3 cm³/mol. The van der Waals surface area contributed by atoms with E-state index in [1.807, 2.05) is 0 Å². The summed E-state index contributed by atoms with van der Waals surface area (Å²) in [5.41, 5.74) is 0. The third-order valence-corrected chi connectivity index (χ3v) is 3.84. The minimum atomic E-state index is -0.793. The van der Waals surface area contributed by atoms with Crippen molar-refractivity contribution in [2.75, 3.05) is 13.1 Å². The minimum absolute atomic E-state index is 0.0347. The Morgan fingerprint density at radius 3 is 2.41 bits per heavy atom. The highest BCUT2D eigenvalue weighted by Gasteiger charge is 2.36. The number of hydrogen-bond donors (Lipinski definition) is 2. The molecule has 1 unspecified atom stereocenters. The lowest BCUT2D eigenvalue weighted by Gasteiger charge is -2.32. The lowest BCUT2D eigenvalue weighted by atomic mass is 10.0. The van der Waals surface area contributed by atoms with Gasteiger partial charge in [-0.2, -0.15) is 0 Å². The molecule has 1 saturated heterocycles. The molecule has 96 valence electrons. The average molecular weight is 241 g/mol. The minimum Gasteiger partial charge on any atom is -0.481 e. The van der Waals surface area contributed by atoms with Gasteiger partial charge in [0, 0.05) is 19.0 Å². The third kappa shape index (κ3) is 2.77. The number of carboxylic acid groups (broad SMARTS) is 1. The van der Waals surface area contributed by atoms with E-state index in [-0.39, 0.29) is 17.7 Å². The fourth-order valence-electron chi connectivity index (χ4n) is 2.84. The lowest BCUT2D eigenvalue weighted by Crippen LogP contribution is -2.44. The van der Waals surface area contributed by atoms with E-state index in [1.165, 1.54) is 0 Å². The van der Waals surface area contributed by atoms with Crippen LogP contribution in [0.4, 0.5) is 0 Å². The van der Waals surface area contributed by atoms with E-state index in [4.69, 9.17) is 5.11 Å². The van der Waals surface area contributed by atoms with E-state index >= 15 is 0 Å². The van der Waals surface area contributed by atoms with Crippen LogP contribution in [-0.4, -0.2) is 46.2 Å². The first-order chi connectivity index (χ1) is 8.08. The number of carboxylic acids is 1. The standard InChI is InChI=1S/C12H19NO4/c14-10-2-1-5-13(7-10)11(15)8-3-4-9(6-8)12(16)17/h8-10,14H,1-7H2,(H,16,17)/t8-,9+,10?/m1/s1. The Morgan fingerprint density at radius 1 is 1.12 bits per heavy atom. The number of hydrogen-bond acceptors (Lipinski definition) is 3. The van der Waals surface area contributed by atoms with Crippen molar-refractivity contribution in [2.24, 2.45) is 11.8 Å². The van der Waals surface area contributed by atoms with Crippen LogP contribution in [0.1, 0.15) is 32.1 Å². The molecular formula is C12H19NO4. The van der Waals surface area contributed by atoms with Crippen LogP contribution in [0.3, 0.4) is 0 Å². The number of likely N-dealkylation sites (tertiary alicyclic amines) is 1. The number of piperidine rings is 1. The molecule has 0 radical (unpaired) electrons. The SMILES string of the molecule is O=C(O)[C@H]1CC[C@@H](C(=O)N2CCCC(O)C2)C1. The first-order valence-corrected chi connectivity index (χ1v) is 6.27. The first kappa shape index (κ1) is 12.4. The van der Waals surface area contributed by atoms with Crippen LogP contribution >= 0.6 is 0 Å². The molecule has 1 saturated carbocycles. The zero-order valence-corrected chi connectivity index (χ0v) is 9.84. The van der Waals surface area contributed by atoms with Crippen LogP contribution in [-0.2, 0) is 9.59 Å². The second-order valence-electron chi connectivity index (χ2n) is 5.13. The number of nitrogens with zero attached hydrogens (tertiary/aromatic N) is 1. The molecule has 2 fully saturated rings. The molecular weight excluding hydrogens is 222 g/mol. The van der Waals surface area contributed by atoms with Crippen LogP contribution in [0.15, 0.2) is 0 Å². The smallest absolute Gasteiger partial charge is 0.306 e. The summed E-state index contributed by atoms with van der Waals surface area (Å²) >= 11 is 0. The molecule has 2 aliphatic rings. The molecule has 0 aromatic rings. The van der Waals surface area contributed by atoms with Gasteiger partial charge >= 0.3 is 5.97 Å². The van der Waals surface area contributed by atoms with Gasteiger partial charge in [0.15, 0.2) is 0 Å². The summed E-state index contributed by atoms with van der Waals surface area (Å²) in [6.45, 7) is 1.11. The van der Waals surface area contributed by atoms with Crippen LogP contribution in [0, 0.1) is 11.8 Å². The average Bonchev–Trinajstić information content (AvgIpc) is 2.77. The van der Waals surface area contributed by atoms with Gasteiger partial charge < -0.3 is 15.1 Å². The largest absolute Gasteiger partial charge is 0.481 e. The number of carbonyl (C=O) groups is 2. The molecule has 1 aliphatic heterocycles. The number of aliphatic carboxylic acids is 1. The van der Waals surface area contributed by atoms with E-state index in [0.717, 1.165) is 12.8 Å². The molecule has 1 heterocycles. The van der Waals surface area contributed by atoms with E-state index in [9.17, 15) is 14.7 Å². The Bertz CT molecular complexity index is 318. The molecule has 1 aliphatic carbocycles. The van der Waals surface area contributed by atoms with Gasteiger partial charge in [0.25, 0.3) is 0 Å². The van der Waals surface area contributed by atoms with Gasteiger partial charge in [-0.25, -0.2) is 0 Å². The van der Waals surface area contributed by atoms with E-state index in [1.54, 1.807) is 4.90 Å². The van der Waals surface area contributed by atoms with Gasteiger partial charge in [-0.05, 0) is 32.1 Å². The Morgan fingerprint density at radius 2 is 1.82 bits per heavy atom. The predicted octanol–water partition coefficient (Wildman–Crippen LogP) is 0.471. The van der Waals surface area contributed by atoms with Crippen molar-refractivity contribution < 1.29 is 19.8 Å². The quantitative estimate of drug-likeness (QED) is 0.736. The van der Waals surface area contributed by atoms with E-state index in [2.05, 4.69) is 0 Å². The zero-order chi connectivity index (χ0) is 12.4. The van der Waals surface area contributed by atoms with Crippen molar-refractivity contribution in [3.8, 4) is 0 Å². The summed E-state index contributed by atoms with van der Waals surface area (Å²) in [7, 11) is 0. The van der Waals surface area contributed by atoms with Crippen molar-refractivity contribution in [3.05, 3.63) is 0 Å². The topological polar surface area (TPSA) is 77.8 Å². The summed E-state index contributed by atoms with van der Waals surface area (Å²) in [6, 6.07) is 0. The molecule has 2 rings (SSSR count). The molecule has 5 nitrogen and oxygen atoms in total. The first-order valence-electron chi connectivity index (χ1n) is 6.27. The number of rotatable bonds is 2. The molecule has 2 N–H and O–H groups in total. The van der Waals surface area contributed by atoms with Crippen LogP contribution in [0.2, 0.25) is 0 Å². The normalized spacial score (nSPS) is 33.7. The number of β-amino-alcohol motifs (C(OH)–C–C–N with tert-alkyl or cyclic N) is 1. The van der Waals surface area contributed by atoms with Gasteiger partial charge in [-0.15, -0.1) is 0 Å².